The topological polar surface area (TPSA) is 41.1 Å². The van der Waals surface area contributed by atoms with Crippen LogP contribution >= 0.6 is 0 Å². The molecule has 2 aromatic carbocycles. The average molecular weight is 308 g/mol. The zero-order valence-electron chi connectivity index (χ0n) is 13.4. The lowest BCUT2D eigenvalue weighted by molar-refractivity contribution is -0.121. The molecule has 2 aromatic rings. The summed E-state index contributed by atoms with van der Waals surface area (Å²) in [5, 5.41) is 6.57. The van der Waals surface area contributed by atoms with Crippen molar-refractivity contribution in [2.45, 2.75) is 25.3 Å². The van der Waals surface area contributed by atoms with Gasteiger partial charge in [-0.1, -0.05) is 60.7 Å². The summed E-state index contributed by atoms with van der Waals surface area (Å²) in [6.07, 6.45) is 2.76. The molecule has 1 heterocycles. The first-order chi connectivity index (χ1) is 11.3. The van der Waals surface area contributed by atoms with E-state index in [2.05, 4.69) is 34.9 Å². The lowest BCUT2D eigenvalue weighted by atomic mass is 9.97. The molecule has 3 rings (SSSR count). The van der Waals surface area contributed by atoms with Gasteiger partial charge in [-0.15, -0.1) is 0 Å². The molecule has 2 N–H and O–H groups in total. The summed E-state index contributed by atoms with van der Waals surface area (Å²) in [7, 11) is 0. The lowest BCUT2D eigenvalue weighted by Gasteiger charge is -2.20. The van der Waals surface area contributed by atoms with Gasteiger partial charge in [-0.05, 0) is 43.0 Å². The highest BCUT2D eigenvalue weighted by molar-refractivity contribution is 5.77. The number of benzene rings is 2. The first kappa shape index (κ1) is 15.8. The SMILES string of the molecule is O=C(CCC1CCNC1)NC(c1ccccc1)c1ccccc1. The van der Waals surface area contributed by atoms with Crippen LogP contribution in [0.4, 0.5) is 0 Å². The second-order valence-electron chi connectivity index (χ2n) is 6.22. The van der Waals surface area contributed by atoms with Gasteiger partial charge in [0.25, 0.3) is 0 Å². The highest BCUT2D eigenvalue weighted by Crippen LogP contribution is 2.22. The van der Waals surface area contributed by atoms with E-state index in [9.17, 15) is 4.79 Å². The molecule has 23 heavy (non-hydrogen) atoms. The van der Waals surface area contributed by atoms with Gasteiger partial charge < -0.3 is 10.6 Å². The number of rotatable bonds is 6. The molecule has 1 fully saturated rings. The molecular formula is C20H24N2O. The summed E-state index contributed by atoms with van der Waals surface area (Å²) in [6.45, 7) is 2.14. The van der Waals surface area contributed by atoms with Crippen LogP contribution in [0.1, 0.15) is 36.4 Å². The maximum absolute atomic E-state index is 12.4. The van der Waals surface area contributed by atoms with Crippen molar-refractivity contribution in [3.05, 3.63) is 71.8 Å². The van der Waals surface area contributed by atoms with Gasteiger partial charge in [0, 0.05) is 6.42 Å². The van der Waals surface area contributed by atoms with Gasteiger partial charge in [0.15, 0.2) is 0 Å². The minimum atomic E-state index is -0.0772. The molecule has 1 aliphatic heterocycles. The Morgan fingerprint density at radius 2 is 1.65 bits per heavy atom. The van der Waals surface area contributed by atoms with Crippen LogP contribution in [-0.4, -0.2) is 19.0 Å². The van der Waals surface area contributed by atoms with E-state index in [0.717, 1.165) is 30.6 Å². The molecule has 3 heteroatoms. The summed E-state index contributed by atoms with van der Waals surface area (Å²) in [5.41, 5.74) is 2.24. The predicted octanol–water partition coefficient (Wildman–Crippen LogP) is 3.28. The molecular weight excluding hydrogens is 284 g/mol. The fourth-order valence-electron chi connectivity index (χ4n) is 3.18. The van der Waals surface area contributed by atoms with Gasteiger partial charge in [-0.3, -0.25) is 4.79 Å². The normalized spacial score (nSPS) is 17.3. The van der Waals surface area contributed by atoms with Gasteiger partial charge in [0.1, 0.15) is 0 Å². The van der Waals surface area contributed by atoms with E-state index in [-0.39, 0.29) is 11.9 Å². The zero-order valence-corrected chi connectivity index (χ0v) is 13.4. The number of hydrogen-bond donors (Lipinski definition) is 2. The molecule has 0 radical (unpaired) electrons. The third-order valence-electron chi connectivity index (χ3n) is 4.51. The summed E-state index contributed by atoms with van der Waals surface area (Å²) in [4.78, 5) is 12.4. The Morgan fingerprint density at radius 3 is 2.17 bits per heavy atom. The van der Waals surface area contributed by atoms with Gasteiger partial charge in [0.2, 0.25) is 5.91 Å². The molecule has 0 spiro atoms. The third-order valence-corrected chi connectivity index (χ3v) is 4.51. The third kappa shape index (κ3) is 4.42. The molecule has 1 aliphatic rings. The van der Waals surface area contributed by atoms with E-state index in [0.29, 0.717) is 12.3 Å². The second kappa shape index (κ2) is 7.93. The predicted molar refractivity (Wildman–Crippen MR) is 93.1 cm³/mol. The fraction of sp³-hybridized carbons (Fsp3) is 0.350. The maximum Gasteiger partial charge on any atom is 0.220 e. The van der Waals surface area contributed by atoms with Crippen molar-refractivity contribution < 1.29 is 4.79 Å². The molecule has 120 valence electrons. The summed E-state index contributed by atoms with van der Waals surface area (Å²) in [5.74, 6) is 0.780. The standard InChI is InChI=1S/C20H24N2O/c23-19(12-11-16-13-14-21-15-16)22-20(17-7-3-1-4-8-17)18-9-5-2-6-10-18/h1-10,16,20-21H,11-15H2,(H,22,23). The molecule has 1 amide bonds. The van der Waals surface area contributed by atoms with E-state index in [1.165, 1.54) is 6.42 Å². The van der Waals surface area contributed by atoms with E-state index >= 15 is 0 Å². The lowest BCUT2D eigenvalue weighted by Crippen LogP contribution is -2.29. The largest absolute Gasteiger partial charge is 0.345 e. The van der Waals surface area contributed by atoms with Gasteiger partial charge in [-0.25, -0.2) is 0 Å². The maximum atomic E-state index is 12.4. The number of hydrogen-bond acceptors (Lipinski definition) is 2. The van der Waals surface area contributed by atoms with Crippen LogP contribution in [0.5, 0.6) is 0 Å². The minimum Gasteiger partial charge on any atom is -0.345 e. The van der Waals surface area contributed by atoms with Gasteiger partial charge in [-0.2, -0.15) is 0 Å². The molecule has 1 unspecified atom stereocenters. The van der Waals surface area contributed by atoms with Crippen LogP contribution in [0.15, 0.2) is 60.7 Å². The first-order valence-corrected chi connectivity index (χ1v) is 8.43. The van der Waals surface area contributed by atoms with Crippen LogP contribution in [0, 0.1) is 5.92 Å². The van der Waals surface area contributed by atoms with Crippen LogP contribution in [0.25, 0.3) is 0 Å². The zero-order chi connectivity index (χ0) is 15.9. The summed E-state index contributed by atoms with van der Waals surface area (Å²) < 4.78 is 0. The highest BCUT2D eigenvalue weighted by Gasteiger charge is 2.19. The van der Waals surface area contributed by atoms with Crippen molar-refractivity contribution in [3.63, 3.8) is 0 Å². The Hall–Kier alpha value is -2.13. The van der Waals surface area contributed by atoms with Crippen molar-refractivity contribution >= 4 is 5.91 Å². The van der Waals surface area contributed by atoms with Crippen LogP contribution in [0.3, 0.4) is 0 Å². The highest BCUT2D eigenvalue weighted by atomic mass is 16.1. The van der Waals surface area contributed by atoms with E-state index < -0.39 is 0 Å². The molecule has 0 aromatic heterocycles. The van der Waals surface area contributed by atoms with Crippen molar-refractivity contribution in [3.8, 4) is 0 Å². The van der Waals surface area contributed by atoms with Gasteiger partial charge >= 0.3 is 0 Å². The Balaban J connectivity index is 1.67. The molecule has 0 aliphatic carbocycles. The second-order valence-corrected chi connectivity index (χ2v) is 6.22. The number of carbonyl (C=O) groups is 1. The number of carbonyl (C=O) groups excluding carboxylic acids is 1. The van der Waals surface area contributed by atoms with Crippen molar-refractivity contribution in [2.75, 3.05) is 13.1 Å². The first-order valence-electron chi connectivity index (χ1n) is 8.43. The van der Waals surface area contributed by atoms with Crippen molar-refractivity contribution in [1.29, 1.82) is 0 Å². The Bertz CT molecular complexity index is 567. The molecule has 1 saturated heterocycles. The Morgan fingerprint density at radius 1 is 1.04 bits per heavy atom. The van der Waals surface area contributed by atoms with Gasteiger partial charge in [0.05, 0.1) is 6.04 Å². The van der Waals surface area contributed by atoms with E-state index in [4.69, 9.17) is 0 Å². The smallest absolute Gasteiger partial charge is 0.220 e. The monoisotopic (exact) mass is 308 g/mol. The molecule has 3 nitrogen and oxygen atoms in total. The van der Waals surface area contributed by atoms with Crippen LogP contribution in [-0.2, 0) is 4.79 Å². The quantitative estimate of drug-likeness (QED) is 0.860. The molecule has 1 atom stereocenters. The Labute approximate surface area is 138 Å². The van der Waals surface area contributed by atoms with Crippen LogP contribution in [0.2, 0.25) is 0 Å². The van der Waals surface area contributed by atoms with Crippen molar-refractivity contribution in [2.24, 2.45) is 5.92 Å². The minimum absolute atomic E-state index is 0.0772. The average Bonchev–Trinajstić information content (AvgIpc) is 3.13. The van der Waals surface area contributed by atoms with Crippen molar-refractivity contribution in [1.82, 2.24) is 10.6 Å². The Kier molecular flexibility index (Phi) is 5.43. The fourth-order valence-corrected chi connectivity index (χ4v) is 3.18. The molecule has 0 saturated carbocycles. The number of amides is 1. The van der Waals surface area contributed by atoms with Crippen LogP contribution < -0.4 is 10.6 Å². The van der Waals surface area contributed by atoms with E-state index in [1.54, 1.807) is 0 Å². The van der Waals surface area contributed by atoms with E-state index in [1.807, 2.05) is 36.4 Å². The summed E-state index contributed by atoms with van der Waals surface area (Å²) in [6, 6.07) is 20.3. The molecule has 0 bridgehead atoms. The number of nitrogens with one attached hydrogen (secondary N) is 2. The summed E-state index contributed by atoms with van der Waals surface area (Å²) >= 11 is 0.